The van der Waals surface area contributed by atoms with E-state index in [-0.39, 0.29) is 24.1 Å². The summed E-state index contributed by atoms with van der Waals surface area (Å²) >= 11 is 0. The Balaban J connectivity index is 2.67. The fourth-order valence-electron chi connectivity index (χ4n) is 1.38. The summed E-state index contributed by atoms with van der Waals surface area (Å²) in [4.78, 5) is 11.0. The molecule has 1 aliphatic heterocycles. The zero-order valence-electron chi connectivity index (χ0n) is 8.49. The Morgan fingerprint density at radius 3 is 2.64 bits per heavy atom. The predicted octanol–water partition coefficient (Wildman–Crippen LogP) is -0.596. The lowest BCUT2D eigenvalue weighted by Gasteiger charge is -2.26. The van der Waals surface area contributed by atoms with Gasteiger partial charge in [0, 0.05) is 13.1 Å². The van der Waals surface area contributed by atoms with Gasteiger partial charge in [0.2, 0.25) is 15.9 Å². The summed E-state index contributed by atoms with van der Waals surface area (Å²) in [6, 6.07) is 0. The molecule has 1 saturated heterocycles. The van der Waals surface area contributed by atoms with Gasteiger partial charge in [-0.25, -0.2) is 8.42 Å². The lowest BCUT2D eigenvalue weighted by molar-refractivity contribution is -0.122. The highest BCUT2D eigenvalue weighted by atomic mass is 32.2. The number of nitrogens with one attached hydrogen (secondary N) is 1. The van der Waals surface area contributed by atoms with E-state index in [1.165, 1.54) is 4.31 Å². The molecule has 82 valence electrons. The van der Waals surface area contributed by atoms with E-state index in [1.54, 1.807) is 0 Å². The summed E-state index contributed by atoms with van der Waals surface area (Å²) in [5.41, 5.74) is 0. The number of hydrogen-bond acceptors (Lipinski definition) is 3. The quantitative estimate of drug-likeness (QED) is 0.691. The van der Waals surface area contributed by atoms with Gasteiger partial charge < -0.3 is 5.32 Å². The van der Waals surface area contributed by atoms with Crippen molar-refractivity contribution in [1.29, 1.82) is 0 Å². The summed E-state index contributed by atoms with van der Waals surface area (Å²) in [6.07, 6.45) is 0. The zero-order valence-corrected chi connectivity index (χ0v) is 9.30. The number of piperazine rings is 1. The summed E-state index contributed by atoms with van der Waals surface area (Å²) in [5, 5.41) is 2.59. The molecule has 1 fully saturated rings. The molecule has 1 heterocycles. The highest BCUT2D eigenvalue weighted by Gasteiger charge is 2.27. The second-order valence-electron chi connectivity index (χ2n) is 3.86. The van der Waals surface area contributed by atoms with Gasteiger partial charge in [0.1, 0.15) is 0 Å². The number of amides is 1. The Morgan fingerprint density at radius 2 is 2.14 bits per heavy atom. The number of carbonyl (C=O) groups is 1. The molecular weight excluding hydrogens is 204 g/mol. The van der Waals surface area contributed by atoms with Crippen LogP contribution in [0.4, 0.5) is 0 Å². The van der Waals surface area contributed by atoms with Crippen LogP contribution in [0, 0.1) is 5.92 Å². The van der Waals surface area contributed by atoms with E-state index in [9.17, 15) is 13.2 Å². The van der Waals surface area contributed by atoms with Crippen molar-refractivity contribution in [3.05, 3.63) is 0 Å². The first-order valence-electron chi connectivity index (χ1n) is 4.66. The summed E-state index contributed by atoms with van der Waals surface area (Å²) in [5.74, 6) is -0.0196. The Bertz CT molecular complexity index is 311. The Morgan fingerprint density at radius 1 is 1.50 bits per heavy atom. The zero-order chi connectivity index (χ0) is 10.8. The van der Waals surface area contributed by atoms with Gasteiger partial charge in [-0.2, -0.15) is 4.31 Å². The second-order valence-corrected chi connectivity index (χ2v) is 5.87. The van der Waals surface area contributed by atoms with Crippen LogP contribution in [0.1, 0.15) is 13.8 Å². The number of rotatable bonds is 3. The van der Waals surface area contributed by atoms with Crippen molar-refractivity contribution in [3.63, 3.8) is 0 Å². The van der Waals surface area contributed by atoms with Crippen LogP contribution in [0.2, 0.25) is 0 Å². The van der Waals surface area contributed by atoms with E-state index < -0.39 is 10.0 Å². The van der Waals surface area contributed by atoms with Crippen molar-refractivity contribution < 1.29 is 13.2 Å². The smallest absolute Gasteiger partial charge is 0.235 e. The van der Waals surface area contributed by atoms with Crippen molar-refractivity contribution in [3.8, 4) is 0 Å². The standard InChI is InChI=1S/C8H16N2O3S/c1-7(2)6-14(12,13)10-4-3-9-8(11)5-10/h7H,3-6H2,1-2H3,(H,9,11). The molecule has 14 heavy (non-hydrogen) atoms. The van der Waals surface area contributed by atoms with E-state index in [1.807, 2.05) is 13.8 Å². The molecule has 0 aromatic carbocycles. The molecule has 1 N–H and O–H groups in total. The van der Waals surface area contributed by atoms with Crippen LogP contribution in [0.15, 0.2) is 0 Å². The maximum absolute atomic E-state index is 11.7. The van der Waals surface area contributed by atoms with Gasteiger partial charge in [-0.15, -0.1) is 0 Å². The van der Waals surface area contributed by atoms with E-state index in [0.717, 1.165) is 0 Å². The third kappa shape index (κ3) is 2.95. The summed E-state index contributed by atoms with van der Waals surface area (Å²) < 4.78 is 24.6. The Hall–Kier alpha value is -0.620. The molecule has 6 heteroatoms. The lowest BCUT2D eigenvalue weighted by Crippen LogP contribution is -2.50. The minimum absolute atomic E-state index is 0.0327. The molecule has 0 spiro atoms. The normalized spacial score (nSPS) is 19.8. The fourth-order valence-corrected chi connectivity index (χ4v) is 3.12. The van der Waals surface area contributed by atoms with Gasteiger partial charge in [0.25, 0.3) is 0 Å². The third-order valence-corrected chi connectivity index (χ3v) is 4.13. The van der Waals surface area contributed by atoms with Crippen molar-refractivity contribution >= 4 is 15.9 Å². The SMILES string of the molecule is CC(C)CS(=O)(=O)N1CCNC(=O)C1. The van der Waals surface area contributed by atoms with Crippen LogP contribution in [-0.2, 0) is 14.8 Å². The average molecular weight is 220 g/mol. The highest BCUT2D eigenvalue weighted by Crippen LogP contribution is 2.08. The van der Waals surface area contributed by atoms with E-state index >= 15 is 0 Å². The molecule has 0 aliphatic carbocycles. The first-order chi connectivity index (χ1) is 6.42. The summed E-state index contributed by atoms with van der Waals surface area (Å²) in [6.45, 7) is 4.47. The van der Waals surface area contributed by atoms with Crippen molar-refractivity contribution in [2.45, 2.75) is 13.8 Å². The number of nitrogens with zero attached hydrogens (tertiary/aromatic N) is 1. The minimum Gasteiger partial charge on any atom is -0.354 e. The molecule has 0 radical (unpaired) electrons. The molecule has 0 aromatic rings. The molecule has 0 saturated carbocycles. The maximum Gasteiger partial charge on any atom is 0.235 e. The van der Waals surface area contributed by atoms with Crippen molar-refractivity contribution in [2.24, 2.45) is 5.92 Å². The van der Waals surface area contributed by atoms with Gasteiger partial charge >= 0.3 is 0 Å². The Labute approximate surface area is 84.5 Å². The molecule has 0 aromatic heterocycles. The third-order valence-electron chi connectivity index (χ3n) is 1.94. The molecule has 1 amide bonds. The maximum atomic E-state index is 11.7. The molecule has 0 unspecified atom stereocenters. The van der Waals surface area contributed by atoms with Gasteiger partial charge in [-0.05, 0) is 5.92 Å². The highest BCUT2D eigenvalue weighted by molar-refractivity contribution is 7.89. The number of hydrogen-bond donors (Lipinski definition) is 1. The van der Waals surface area contributed by atoms with Gasteiger partial charge in [0.05, 0.1) is 12.3 Å². The van der Waals surface area contributed by atoms with Crippen LogP contribution in [-0.4, -0.2) is 44.0 Å². The Kier molecular flexibility index (Phi) is 3.49. The van der Waals surface area contributed by atoms with Crippen LogP contribution in [0.3, 0.4) is 0 Å². The summed E-state index contributed by atoms with van der Waals surface area (Å²) in [7, 11) is -3.24. The first-order valence-corrected chi connectivity index (χ1v) is 6.27. The molecule has 5 nitrogen and oxygen atoms in total. The van der Waals surface area contributed by atoms with E-state index in [4.69, 9.17) is 0 Å². The molecule has 1 rings (SSSR count). The topological polar surface area (TPSA) is 66.5 Å². The van der Waals surface area contributed by atoms with Crippen molar-refractivity contribution in [1.82, 2.24) is 9.62 Å². The number of carbonyl (C=O) groups excluding carboxylic acids is 1. The minimum atomic E-state index is -3.24. The largest absolute Gasteiger partial charge is 0.354 e. The van der Waals surface area contributed by atoms with Crippen LogP contribution in [0.5, 0.6) is 0 Å². The second kappa shape index (κ2) is 4.27. The van der Waals surface area contributed by atoms with E-state index in [0.29, 0.717) is 13.1 Å². The monoisotopic (exact) mass is 220 g/mol. The molecule has 0 bridgehead atoms. The predicted molar refractivity (Wildman–Crippen MR) is 53.2 cm³/mol. The molecular formula is C8H16N2O3S. The van der Waals surface area contributed by atoms with Crippen LogP contribution < -0.4 is 5.32 Å². The van der Waals surface area contributed by atoms with E-state index in [2.05, 4.69) is 5.32 Å². The van der Waals surface area contributed by atoms with Crippen LogP contribution >= 0.6 is 0 Å². The first kappa shape index (κ1) is 11.5. The lowest BCUT2D eigenvalue weighted by atomic mass is 10.3. The number of sulfonamides is 1. The van der Waals surface area contributed by atoms with Gasteiger partial charge in [-0.1, -0.05) is 13.8 Å². The molecule has 0 atom stereocenters. The van der Waals surface area contributed by atoms with Crippen LogP contribution in [0.25, 0.3) is 0 Å². The average Bonchev–Trinajstić information content (AvgIpc) is 2.01. The fraction of sp³-hybridized carbons (Fsp3) is 0.875. The van der Waals surface area contributed by atoms with Gasteiger partial charge in [-0.3, -0.25) is 4.79 Å². The molecule has 1 aliphatic rings. The van der Waals surface area contributed by atoms with Gasteiger partial charge in [0.15, 0.2) is 0 Å². The van der Waals surface area contributed by atoms with Crippen molar-refractivity contribution in [2.75, 3.05) is 25.4 Å².